The number of nitrogens with zero attached hydrogens (tertiary/aromatic N) is 1. The molecule has 2 N–H and O–H groups in total. The van der Waals surface area contributed by atoms with Crippen LogP contribution in [0, 0.1) is 5.92 Å². The number of nitrogens with two attached hydrogens (primary N) is 1. The van der Waals surface area contributed by atoms with Crippen molar-refractivity contribution in [2.75, 3.05) is 6.54 Å². The molecule has 0 aliphatic heterocycles. The normalized spacial score (nSPS) is 24.4. The first-order valence-electron chi connectivity index (χ1n) is 5.96. The molecule has 0 spiro atoms. The van der Waals surface area contributed by atoms with E-state index in [-0.39, 0.29) is 18.2 Å². The van der Waals surface area contributed by atoms with Crippen LogP contribution in [0.4, 0.5) is 4.79 Å². The second-order valence-corrected chi connectivity index (χ2v) is 5.89. The van der Waals surface area contributed by atoms with Crippen molar-refractivity contribution in [2.24, 2.45) is 11.7 Å². The van der Waals surface area contributed by atoms with E-state index in [1.54, 1.807) is 4.90 Å². The SMILES string of the molecule is CC(C)N(C[C@@H]1C[C@H]1N)C(=O)OC(C)(C)C. The summed E-state index contributed by atoms with van der Waals surface area (Å²) < 4.78 is 5.37. The summed E-state index contributed by atoms with van der Waals surface area (Å²) in [5, 5.41) is 0. The Bertz CT molecular complexity index is 258. The number of rotatable bonds is 3. The Balaban J connectivity index is 2.52. The van der Waals surface area contributed by atoms with Crippen LogP contribution in [0.1, 0.15) is 41.0 Å². The van der Waals surface area contributed by atoms with Gasteiger partial charge in [-0.1, -0.05) is 0 Å². The van der Waals surface area contributed by atoms with E-state index in [0.717, 1.165) is 6.42 Å². The van der Waals surface area contributed by atoms with Gasteiger partial charge >= 0.3 is 6.09 Å². The predicted molar refractivity (Wildman–Crippen MR) is 64.2 cm³/mol. The zero-order chi connectivity index (χ0) is 12.5. The topological polar surface area (TPSA) is 55.6 Å². The van der Waals surface area contributed by atoms with Gasteiger partial charge in [-0.2, -0.15) is 0 Å². The molecular weight excluding hydrogens is 204 g/mol. The zero-order valence-corrected chi connectivity index (χ0v) is 11.0. The Morgan fingerprint density at radius 1 is 1.50 bits per heavy atom. The molecule has 4 heteroatoms. The van der Waals surface area contributed by atoms with Crippen LogP contribution in [0.25, 0.3) is 0 Å². The summed E-state index contributed by atoms with van der Waals surface area (Å²) >= 11 is 0. The third kappa shape index (κ3) is 4.00. The summed E-state index contributed by atoms with van der Waals surface area (Å²) in [5.74, 6) is 0.454. The van der Waals surface area contributed by atoms with Crippen molar-refractivity contribution < 1.29 is 9.53 Å². The maximum absolute atomic E-state index is 11.9. The van der Waals surface area contributed by atoms with E-state index in [2.05, 4.69) is 0 Å². The summed E-state index contributed by atoms with van der Waals surface area (Å²) in [4.78, 5) is 13.7. The van der Waals surface area contributed by atoms with Gasteiger partial charge in [-0.25, -0.2) is 4.79 Å². The van der Waals surface area contributed by atoms with Crippen molar-refractivity contribution in [3.05, 3.63) is 0 Å². The van der Waals surface area contributed by atoms with E-state index in [0.29, 0.717) is 12.5 Å². The minimum absolute atomic E-state index is 0.155. The monoisotopic (exact) mass is 228 g/mol. The third-order valence-corrected chi connectivity index (χ3v) is 2.66. The van der Waals surface area contributed by atoms with Crippen LogP contribution in [0.5, 0.6) is 0 Å². The molecule has 4 nitrogen and oxygen atoms in total. The van der Waals surface area contributed by atoms with Crippen molar-refractivity contribution in [1.82, 2.24) is 4.90 Å². The van der Waals surface area contributed by atoms with Crippen molar-refractivity contribution in [3.8, 4) is 0 Å². The van der Waals surface area contributed by atoms with Gasteiger partial charge < -0.3 is 15.4 Å². The summed E-state index contributed by atoms with van der Waals surface area (Å²) in [6.45, 7) is 10.4. The Morgan fingerprint density at radius 3 is 2.31 bits per heavy atom. The molecule has 0 unspecified atom stereocenters. The first kappa shape index (κ1) is 13.3. The number of carbonyl (C=O) groups is 1. The summed E-state index contributed by atoms with van der Waals surface area (Å²) in [6.07, 6.45) is 0.785. The number of amides is 1. The Morgan fingerprint density at radius 2 is 2.00 bits per heavy atom. The molecule has 2 atom stereocenters. The lowest BCUT2D eigenvalue weighted by Crippen LogP contribution is -2.42. The van der Waals surface area contributed by atoms with Gasteiger partial charge in [0.1, 0.15) is 5.60 Å². The van der Waals surface area contributed by atoms with Crippen molar-refractivity contribution in [2.45, 2.75) is 58.7 Å². The van der Waals surface area contributed by atoms with Gasteiger partial charge in [-0.15, -0.1) is 0 Å². The highest BCUT2D eigenvalue weighted by Gasteiger charge is 2.37. The number of hydrogen-bond acceptors (Lipinski definition) is 3. The average molecular weight is 228 g/mol. The van der Waals surface area contributed by atoms with E-state index >= 15 is 0 Å². The first-order chi connectivity index (χ1) is 7.20. The van der Waals surface area contributed by atoms with Crippen LogP contribution in [-0.2, 0) is 4.74 Å². The second kappa shape index (κ2) is 4.62. The van der Waals surface area contributed by atoms with Crippen LogP contribution in [0.2, 0.25) is 0 Å². The fourth-order valence-electron chi connectivity index (χ4n) is 1.55. The smallest absolute Gasteiger partial charge is 0.410 e. The molecule has 0 aromatic rings. The molecule has 0 saturated heterocycles. The molecule has 0 aromatic carbocycles. The Labute approximate surface area is 98.1 Å². The van der Waals surface area contributed by atoms with Crippen molar-refractivity contribution >= 4 is 6.09 Å². The van der Waals surface area contributed by atoms with Gasteiger partial charge in [-0.3, -0.25) is 0 Å². The predicted octanol–water partition coefficient (Wildman–Crippen LogP) is 1.98. The van der Waals surface area contributed by atoms with Crippen LogP contribution in [0.3, 0.4) is 0 Å². The van der Waals surface area contributed by atoms with Gasteiger partial charge in [0.15, 0.2) is 0 Å². The van der Waals surface area contributed by atoms with Crippen LogP contribution in [-0.4, -0.2) is 35.2 Å². The average Bonchev–Trinajstić information content (AvgIpc) is 2.73. The Kier molecular flexibility index (Phi) is 3.84. The second-order valence-electron chi connectivity index (χ2n) is 5.89. The molecule has 0 bridgehead atoms. The minimum atomic E-state index is -0.435. The highest BCUT2D eigenvalue weighted by Crippen LogP contribution is 2.29. The standard InChI is InChI=1S/C12H24N2O2/c1-8(2)14(7-9-6-10(9)13)11(15)16-12(3,4)5/h8-10H,6-7,13H2,1-5H3/t9-,10+/m0/s1. The highest BCUT2D eigenvalue weighted by atomic mass is 16.6. The molecule has 0 radical (unpaired) electrons. The van der Waals surface area contributed by atoms with Gasteiger partial charge in [0.05, 0.1) is 0 Å². The van der Waals surface area contributed by atoms with Crippen molar-refractivity contribution in [3.63, 3.8) is 0 Å². The van der Waals surface area contributed by atoms with E-state index in [1.165, 1.54) is 0 Å². The molecule has 1 saturated carbocycles. The molecule has 0 aromatic heterocycles. The lowest BCUT2D eigenvalue weighted by Gasteiger charge is -2.30. The summed E-state index contributed by atoms with van der Waals surface area (Å²) in [5.41, 5.74) is 5.33. The number of hydrogen-bond donors (Lipinski definition) is 1. The molecule has 1 fully saturated rings. The summed E-state index contributed by atoms with van der Waals surface area (Å²) in [7, 11) is 0. The summed E-state index contributed by atoms with van der Waals surface area (Å²) in [6, 6.07) is 0.423. The van der Waals surface area contributed by atoms with Gasteiger partial charge in [-0.05, 0) is 47.0 Å². The lowest BCUT2D eigenvalue weighted by molar-refractivity contribution is 0.0180. The lowest BCUT2D eigenvalue weighted by atomic mass is 10.2. The van der Waals surface area contributed by atoms with Gasteiger partial charge in [0.25, 0.3) is 0 Å². The van der Waals surface area contributed by atoms with Gasteiger partial charge in [0.2, 0.25) is 0 Å². The fourth-order valence-corrected chi connectivity index (χ4v) is 1.55. The van der Waals surface area contributed by atoms with Crippen LogP contribution >= 0.6 is 0 Å². The van der Waals surface area contributed by atoms with Crippen molar-refractivity contribution in [1.29, 1.82) is 0 Å². The molecule has 16 heavy (non-hydrogen) atoms. The highest BCUT2D eigenvalue weighted by molar-refractivity contribution is 5.68. The zero-order valence-electron chi connectivity index (χ0n) is 11.0. The van der Waals surface area contributed by atoms with Gasteiger partial charge in [0, 0.05) is 18.6 Å². The number of carbonyl (C=O) groups excluding carboxylic acids is 1. The Hall–Kier alpha value is -0.770. The van der Waals surface area contributed by atoms with E-state index in [9.17, 15) is 4.79 Å². The first-order valence-corrected chi connectivity index (χ1v) is 5.96. The molecule has 1 rings (SSSR count). The molecule has 94 valence electrons. The third-order valence-electron chi connectivity index (χ3n) is 2.66. The molecule has 0 heterocycles. The quantitative estimate of drug-likeness (QED) is 0.803. The largest absolute Gasteiger partial charge is 0.444 e. The minimum Gasteiger partial charge on any atom is -0.444 e. The van der Waals surface area contributed by atoms with E-state index in [4.69, 9.17) is 10.5 Å². The molecule has 1 aliphatic rings. The number of ether oxygens (including phenoxy) is 1. The molecule has 1 aliphatic carbocycles. The van der Waals surface area contributed by atoms with E-state index < -0.39 is 5.60 Å². The molecule has 1 amide bonds. The van der Waals surface area contributed by atoms with Crippen LogP contribution in [0.15, 0.2) is 0 Å². The molecular formula is C12H24N2O2. The fraction of sp³-hybridized carbons (Fsp3) is 0.917. The van der Waals surface area contributed by atoms with E-state index in [1.807, 2.05) is 34.6 Å². The van der Waals surface area contributed by atoms with Crippen LogP contribution < -0.4 is 5.73 Å². The maximum atomic E-state index is 11.9. The maximum Gasteiger partial charge on any atom is 0.410 e.